The summed E-state index contributed by atoms with van der Waals surface area (Å²) in [6, 6.07) is 0. The van der Waals surface area contributed by atoms with Gasteiger partial charge in [0.25, 0.3) is 0 Å². The third-order valence-electron chi connectivity index (χ3n) is 16.5. The first-order valence-electron chi connectivity index (χ1n) is 35.7. The molecule has 0 bridgehead atoms. The first kappa shape index (κ1) is 76.1. The Balaban J connectivity index is 4.25. The third kappa shape index (κ3) is 65.0. The molecule has 0 heterocycles. The van der Waals surface area contributed by atoms with Gasteiger partial charge in [-0.3, -0.25) is 14.4 Å². The third-order valence-corrected chi connectivity index (χ3v) is 16.5. The highest BCUT2D eigenvalue weighted by atomic mass is 16.6. The molecule has 0 fully saturated rings. The molecular formula is C72H138O6. The minimum absolute atomic E-state index is 0.0655. The van der Waals surface area contributed by atoms with Gasteiger partial charge in [0, 0.05) is 19.3 Å². The lowest BCUT2D eigenvalue weighted by Gasteiger charge is -2.18. The van der Waals surface area contributed by atoms with Crippen LogP contribution in [0.4, 0.5) is 0 Å². The Morgan fingerprint density at radius 3 is 0.641 bits per heavy atom. The van der Waals surface area contributed by atoms with Crippen molar-refractivity contribution in [3.63, 3.8) is 0 Å². The van der Waals surface area contributed by atoms with Gasteiger partial charge < -0.3 is 14.2 Å². The summed E-state index contributed by atoms with van der Waals surface area (Å²) in [5, 5.41) is 0. The van der Waals surface area contributed by atoms with Crippen LogP contribution in [-0.2, 0) is 28.6 Å². The van der Waals surface area contributed by atoms with Crippen LogP contribution in [0.3, 0.4) is 0 Å². The Labute approximate surface area is 488 Å². The summed E-state index contributed by atoms with van der Waals surface area (Å²) >= 11 is 0. The summed E-state index contributed by atoms with van der Waals surface area (Å²) in [6.45, 7) is 6.73. The molecular weight excluding hydrogens is 961 g/mol. The minimum atomic E-state index is -0.770. The van der Waals surface area contributed by atoms with E-state index in [9.17, 15) is 14.4 Å². The fourth-order valence-electron chi connectivity index (χ4n) is 11.2. The van der Waals surface area contributed by atoms with Crippen LogP contribution in [0.15, 0.2) is 12.2 Å². The van der Waals surface area contributed by atoms with E-state index in [2.05, 4.69) is 32.9 Å². The molecule has 0 aromatic rings. The van der Waals surface area contributed by atoms with Crippen molar-refractivity contribution in [2.45, 2.75) is 419 Å². The van der Waals surface area contributed by atoms with E-state index >= 15 is 0 Å². The van der Waals surface area contributed by atoms with E-state index in [1.54, 1.807) is 0 Å². The molecule has 0 radical (unpaired) electrons. The first-order chi connectivity index (χ1) is 38.5. The lowest BCUT2D eigenvalue weighted by molar-refractivity contribution is -0.167. The Hall–Kier alpha value is -1.85. The average Bonchev–Trinajstić information content (AvgIpc) is 3.44. The summed E-state index contributed by atoms with van der Waals surface area (Å²) < 4.78 is 17.0. The number of rotatable bonds is 67. The molecule has 6 heteroatoms. The second-order valence-electron chi connectivity index (χ2n) is 24.5. The summed E-state index contributed by atoms with van der Waals surface area (Å²) in [5.74, 6) is -0.837. The van der Waals surface area contributed by atoms with Crippen LogP contribution in [0, 0.1) is 0 Å². The quantitative estimate of drug-likeness (QED) is 0.0261. The maximum absolute atomic E-state index is 13.0. The summed E-state index contributed by atoms with van der Waals surface area (Å²) in [4.78, 5) is 38.5. The first-order valence-corrected chi connectivity index (χ1v) is 35.7. The maximum atomic E-state index is 13.0. The highest BCUT2D eigenvalue weighted by Crippen LogP contribution is 2.19. The fraction of sp³-hybridized carbons (Fsp3) is 0.931. The Bertz CT molecular complexity index is 1210. The number of ether oxygens (including phenoxy) is 3. The molecule has 0 aliphatic heterocycles. The van der Waals surface area contributed by atoms with Crippen LogP contribution >= 0.6 is 0 Å². The average molecular weight is 1100 g/mol. The van der Waals surface area contributed by atoms with E-state index < -0.39 is 6.10 Å². The molecule has 0 aromatic heterocycles. The molecule has 0 aromatic carbocycles. The molecule has 462 valence electrons. The van der Waals surface area contributed by atoms with Gasteiger partial charge in [-0.1, -0.05) is 360 Å². The van der Waals surface area contributed by atoms with Gasteiger partial charge in [-0.05, 0) is 44.9 Å². The zero-order valence-electron chi connectivity index (χ0n) is 53.2. The van der Waals surface area contributed by atoms with Gasteiger partial charge >= 0.3 is 17.9 Å². The number of hydrogen-bond acceptors (Lipinski definition) is 6. The Morgan fingerprint density at radius 2 is 0.423 bits per heavy atom. The maximum Gasteiger partial charge on any atom is 0.306 e. The van der Waals surface area contributed by atoms with Gasteiger partial charge in [-0.25, -0.2) is 0 Å². The number of allylic oxidation sites excluding steroid dienone is 2. The molecule has 0 aliphatic carbocycles. The molecule has 0 amide bonds. The lowest BCUT2D eigenvalue weighted by atomic mass is 10.0. The number of carbonyl (C=O) groups is 3. The van der Waals surface area contributed by atoms with Gasteiger partial charge in [0.2, 0.25) is 0 Å². The smallest absolute Gasteiger partial charge is 0.306 e. The largest absolute Gasteiger partial charge is 0.462 e. The molecule has 1 unspecified atom stereocenters. The van der Waals surface area contributed by atoms with Crippen molar-refractivity contribution < 1.29 is 28.6 Å². The number of esters is 3. The fourth-order valence-corrected chi connectivity index (χ4v) is 11.2. The van der Waals surface area contributed by atoms with Crippen LogP contribution < -0.4 is 0 Å². The van der Waals surface area contributed by atoms with Crippen molar-refractivity contribution in [2.24, 2.45) is 0 Å². The molecule has 1 atom stereocenters. The molecule has 0 saturated carbocycles. The highest BCUT2D eigenvalue weighted by molar-refractivity contribution is 5.71. The van der Waals surface area contributed by atoms with E-state index in [0.29, 0.717) is 19.3 Å². The predicted octanol–water partition coefficient (Wildman–Crippen LogP) is 24.4. The zero-order valence-corrected chi connectivity index (χ0v) is 53.2. The van der Waals surface area contributed by atoms with Crippen molar-refractivity contribution in [3.8, 4) is 0 Å². The Kier molecular flexibility index (Phi) is 66.0. The lowest BCUT2D eigenvalue weighted by Crippen LogP contribution is -2.30. The topological polar surface area (TPSA) is 78.9 Å². The summed E-state index contributed by atoms with van der Waals surface area (Å²) in [5.41, 5.74) is 0. The van der Waals surface area contributed by atoms with Crippen LogP contribution in [0.2, 0.25) is 0 Å². The van der Waals surface area contributed by atoms with E-state index in [1.807, 2.05) is 0 Å². The number of hydrogen-bond donors (Lipinski definition) is 0. The highest BCUT2D eigenvalue weighted by Gasteiger charge is 2.19. The molecule has 0 N–H and O–H groups in total. The normalized spacial score (nSPS) is 12.0. The van der Waals surface area contributed by atoms with Gasteiger partial charge in [-0.15, -0.1) is 0 Å². The molecule has 78 heavy (non-hydrogen) atoms. The standard InChI is InChI=1S/C72H138O6/c1-4-7-10-13-16-19-22-25-28-31-33-35-36-37-38-40-41-44-47-50-53-56-59-62-65-71(74)77-68-69(67-76-70(73)64-61-58-55-52-49-46-43-30-27-24-21-18-15-12-9-6-3)78-72(75)66-63-60-57-54-51-48-45-42-39-34-32-29-26-23-20-17-14-11-8-5-2/h30,43,69H,4-29,31-42,44-68H2,1-3H3/b43-30-. The van der Waals surface area contributed by atoms with Crippen LogP contribution in [0.5, 0.6) is 0 Å². The van der Waals surface area contributed by atoms with Crippen LogP contribution in [0.25, 0.3) is 0 Å². The molecule has 0 spiro atoms. The van der Waals surface area contributed by atoms with Crippen LogP contribution in [0.1, 0.15) is 412 Å². The van der Waals surface area contributed by atoms with E-state index in [4.69, 9.17) is 14.2 Å². The number of unbranched alkanes of at least 4 members (excludes halogenated alkanes) is 54. The van der Waals surface area contributed by atoms with Gasteiger partial charge in [0.05, 0.1) is 0 Å². The van der Waals surface area contributed by atoms with E-state index in [1.165, 1.54) is 308 Å². The van der Waals surface area contributed by atoms with Crippen molar-refractivity contribution in [2.75, 3.05) is 13.2 Å². The molecule has 0 saturated heterocycles. The summed E-state index contributed by atoms with van der Waals surface area (Å²) in [6.07, 6.45) is 81.0. The minimum Gasteiger partial charge on any atom is -0.462 e. The Morgan fingerprint density at radius 1 is 0.244 bits per heavy atom. The van der Waals surface area contributed by atoms with Gasteiger partial charge in [0.1, 0.15) is 13.2 Å². The van der Waals surface area contributed by atoms with E-state index in [0.717, 1.165) is 64.2 Å². The molecule has 6 nitrogen and oxygen atoms in total. The van der Waals surface area contributed by atoms with Crippen molar-refractivity contribution in [1.29, 1.82) is 0 Å². The van der Waals surface area contributed by atoms with Gasteiger partial charge in [0.15, 0.2) is 6.10 Å². The SMILES string of the molecule is CCCCCCCCC/C=C\CCCCCCCC(=O)OCC(COC(=O)CCCCCCCCCCCCCCCCCCCCCCCCCC)OC(=O)CCCCCCCCCCCCCCCCCCCCCC. The van der Waals surface area contributed by atoms with Crippen molar-refractivity contribution in [3.05, 3.63) is 12.2 Å². The zero-order chi connectivity index (χ0) is 56.4. The van der Waals surface area contributed by atoms with Gasteiger partial charge in [-0.2, -0.15) is 0 Å². The predicted molar refractivity (Wildman–Crippen MR) is 340 cm³/mol. The summed E-state index contributed by atoms with van der Waals surface area (Å²) in [7, 11) is 0. The van der Waals surface area contributed by atoms with E-state index in [-0.39, 0.29) is 31.1 Å². The van der Waals surface area contributed by atoms with Crippen molar-refractivity contribution in [1.82, 2.24) is 0 Å². The number of carbonyl (C=O) groups excluding carboxylic acids is 3. The second-order valence-corrected chi connectivity index (χ2v) is 24.5. The van der Waals surface area contributed by atoms with Crippen molar-refractivity contribution >= 4 is 17.9 Å². The molecule has 0 aliphatic rings. The van der Waals surface area contributed by atoms with Crippen LogP contribution in [-0.4, -0.2) is 37.2 Å². The monoisotopic (exact) mass is 1100 g/mol. The molecule has 0 rings (SSSR count). The second kappa shape index (κ2) is 67.7.